The first-order chi connectivity index (χ1) is 17.2. The quantitative estimate of drug-likeness (QED) is 0.218. The third kappa shape index (κ3) is 4.15. The van der Waals surface area contributed by atoms with Crippen LogP contribution in [-0.2, 0) is 5.41 Å². The Labute approximate surface area is 206 Å². The molecule has 0 amide bonds. The Morgan fingerprint density at radius 3 is 2.56 bits per heavy atom. The Balaban J connectivity index is 1.66. The molecule has 0 aliphatic rings. The Bertz CT molecular complexity index is 1710. The molecule has 5 aromatic rings. The zero-order valence-electron chi connectivity index (χ0n) is 20.3. The summed E-state index contributed by atoms with van der Waals surface area (Å²) in [5.74, 6) is 0.0123. The number of carbonyl (C=O) groups is 1. The summed E-state index contributed by atoms with van der Waals surface area (Å²) < 4.78 is 8.41. The van der Waals surface area contributed by atoms with Crippen molar-refractivity contribution >= 4 is 28.7 Å². The first kappa shape index (κ1) is 23.1. The van der Waals surface area contributed by atoms with Gasteiger partial charge in [-0.05, 0) is 35.4 Å². The summed E-state index contributed by atoms with van der Waals surface area (Å²) in [7, 11) is 0. The van der Waals surface area contributed by atoms with Gasteiger partial charge in [-0.1, -0.05) is 69.3 Å². The van der Waals surface area contributed by atoms with Crippen LogP contribution in [0.1, 0.15) is 48.0 Å². The number of nitrogens with zero attached hydrogens (tertiary/aromatic N) is 6. The molecule has 180 valence electrons. The molecule has 36 heavy (non-hydrogen) atoms. The van der Waals surface area contributed by atoms with Gasteiger partial charge in [0.2, 0.25) is 0 Å². The Morgan fingerprint density at radius 2 is 1.78 bits per heavy atom. The molecule has 0 atom stereocenters. The smallest absolute Gasteiger partial charge is 0.343 e. The van der Waals surface area contributed by atoms with Crippen LogP contribution in [0.25, 0.3) is 16.6 Å². The van der Waals surface area contributed by atoms with Gasteiger partial charge in [0.25, 0.3) is 11.3 Å². The number of ether oxygens (including phenoxy) is 1. The first-order valence-corrected chi connectivity index (χ1v) is 11.4. The number of carbonyl (C=O) groups excluding carboxylic acids is 1. The molecule has 2 aromatic heterocycles. The second-order valence-corrected chi connectivity index (χ2v) is 9.44. The molecule has 0 radical (unpaired) electrons. The van der Waals surface area contributed by atoms with Crippen LogP contribution in [0.15, 0.2) is 76.9 Å². The van der Waals surface area contributed by atoms with Gasteiger partial charge in [0.1, 0.15) is 17.8 Å². The SMILES string of the molecule is Cc1ccccc1C(=O)Oc1ccc2ccccc2c1/C=N\n1c(=O)c(C(C)(C)C)nn2cnnc12. The molecule has 0 aliphatic heterocycles. The molecule has 0 aliphatic carbocycles. The van der Waals surface area contributed by atoms with E-state index in [0.717, 1.165) is 21.0 Å². The van der Waals surface area contributed by atoms with Crippen molar-refractivity contribution in [3.05, 3.63) is 99.7 Å². The van der Waals surface area contributed by atoms with Crippen LogP contribution in [0.4, 0.5) is 0 Å². The Kier molecular flexibility index (Phi) is 5.68. The second-order valence-electron chi connectivity index (χ2n) is 9.44. The average molecular weight is 481 g/mol. The van der Waals surface area contributed by atoms with E-state index < -0.39 is 16.9 Å². The molecular formula is C27H24N6O3. The number of aryl methyl sites for hydroxylation is 1. The number of hydrogen-bond acceptors (Lipinski definition) is 7. The Hall–Kier alpha value is -4.66. The van der Waals surface area contributed by atoms with Crippen molar-refractivity contribution in [2.75, 3.05) is 0 Å². The third-order valence-corrected chi connectivity index (χ3v) is 5.82. The van der Waals surface area contributed by atoms with Crippen molar-refractivity contribution in [1.82, 2.24) is 24.5 Å². The molecular weight excluding hydrogens is 456 g/mol. The van der Waals surface area contributed by atoms with E-state index >= 15 is 0 Å². The summed E-state index contributed by atoms with van der Waals surface area (Å²) >= 11 is 0. The summed E-state index contributed by atoms with van der Waals surface area (Å²) in [6.45, 7) is 7.55. The van der Waals surface area contributed by atoms with Crippen LogP contribution >= 0.6 is 0 Å². The van der Waals surface area contributed by atoms with Gasteiger partial charge in [0.05, 0.1) is 11.8 Å². The predicted octanol–water partition coefficient (Wildman–Crippen LogP) is 4.15. The highest BCUT2D eigenvalue weighted by atomic mass is 16.5. The van der Waals surface area contributed by atoms with Crippen molar-refractivity contribution in [3.63, 3.8) is 0 Å². The van der Waals surface area contributed by atoms with Gasteiger partial charge in [0.15, 0.2) is 0 Å². The van der Waals surface area contributed by atoms with E-state index in [2.05, 4.69) is 20.4 Å². The lowest BCUT2D eigenvalue weighted by Crippen LogP contribution is -2.33. The van der Waals surface area contributed by atoms with Gasteiger partial charge in [-0.3, -0.25) is 4.79 Å². The van der Waals surface area contributed by atoms with Crippen LogP contribution in [0, 0.1) is 6.92 Å². The lowest BCUT2D eigenvalue weighted by atomic mass is 9.93. The van der Waals surface area contributed by atoms with Crippen molar-refractivity contribution in [2.24, 2.45) is 5.10 Å². The molecule has 5 rings (SSSR count). The summed E-state index contributed by atoms with van der Waals surface area (Å²) in [6, 6.07) is 18.5. The van der Waals surface area contributed by atoms with Crippen molar-refractivity contribution in [2.45, 2.75) is 33.1 Å². The molecule has 0 saturated heterocycles. The maximum absolute atomic E-state index is 13.3. The largest absolute Gasteiger partial charge is 0.422 e. The van der Waals surface area contributed by atoms with E-state index in [1.54, 1.807) is 18.2 Å². The van der Waals surface area contributed by atoms with Crippen molar-refractivity contribution in [3.8, 4) is 5.75 Å². The van der Waals surface area contributed by atoms with E-state index in [1.165, 1.54) is 17.1 Å². The third-order valence-electron chi connectivity index (χ3n) is 5.82. The highest BCUT2D eigenvalue weighted by Crippen LogP contribution is 2.28. The van der Waals surface area contributed by atoms with E-state index in [9.17, 15) is 9.59 Å². The molecule has 0 bridgehead atoms. The number of aromatic nitrogens is 5. The zero-order chi connectivity index (χ0) is 25.4. The topological polar surface area (TPSA) is 104 Å². The fraction of sp³-hybridized carbons (Fsp3) is 0.185. The van der Waals surface area contributed by atoms with Gasteiger partial charge >= 0.3 is 5.97 Å². The molecule has 0 N–H and O–H groups in total. The molecule has 0 fully saturated rings. The normalized spacial score (nSPS) is 12.0. The minimum Gasteiger partial charge on any atom is -0.422 e. The number of benzene rings is 3. The van der Waals surface area contributed by atoms with Crippen LogP contribution < -0.4 is 10.3 Å². The number of fused-ring (bicyclic) bond motifs is 2. The van der Waals surface area contributed by atoms with E-state index in [1.807, 2.05) is 70.2 Å². The van der Waals surface area contributed by atoms with Gasteiger partial charge in [-0.2, -0.15) is 19.4 Å². The highest BCUT2D eigenvalue weighted by Gasteiger charge is 2.24. The summed E-state index contributed by atoms with van der Waals surface area (Å²) in [5.41, 5.74) is 1.22. The van der Waals surface area contributed by atoms with E-state index in [0.29, 0.717) is 22.6 Å². The highest BCUT2D eigenvalue weighted by molar-refractivity contribution is 6.04. The maximum atomic E-state index is 13.3. The van der Waals surface area contributed by atoms with Crippen LogP contribution in [-0.4, -0.2) is 36.7 Å². The number of rotatable bonds is 4. The maximum Gasteiger partial charge on any atom is 0.343 e. The summed E-state index contributed by atoms with van der Waals surface area (Å²) in [5, 5.41) is 18.5. The van der Waals surface area contributed by atoms with E-state index in [4.69, 9.17) is 4.74 Å². The molecule has 0 saturated carbocycles. The van der Waals surface area contributed by atoms with Gasteiger partial charge in [-0.25, -0.2) is 4.79 Å². The zero-order valence-corrected chi connectivity index (χ0v) is 20.3. The molecule has 3 aromatic carbocycles. The molecule has 2 heterocycles. The second kappa shape index (κ2) is 8.84. The van der Waals surface area contributed by atoms with Crippen LogP contribution in [0.2, 0.25) is 0 Å². The first-order valence-electron chi connectivity index (χ1n) is 11.4. The minimum atomic E-state index is -0.527. The van der Waals surface area contributed by atoms with Crippen LogP contribution in [0.3, 0.4) is 0 Å². The average Bonchev–Trinajstić information content (AvgIpc) is 3.32. The minimum absolute atomic E-state index is 0.169. The van der Waals surface area contributed by atoms with Crippen molar-refractivity contribution < 1.29 is 9.53 Å². The lowest BCUT2D eigenvalue weighted by Gasteiger charge is -2.17. The molecule has 9 heteroatoms. The standard InChI is InChI=1S/C27H24N6O3/c1-17-9-5-7-11-19(17)25(35)36-22-14-13-18-10-6-8-12-20(18)21(22)15-29-33-24(34)23(27(2,3)4)31-32-16-28-30-26(32)33/h5-16H,1-4H3/b29-15-. The number of esters is 1. The van der Waals surface area contributed by atoms with E-state index in [-0.39, 0.29) is 5.78 Å². The summed E-state index contributed by atoms with van der Waals surface area (Å²) in [6.07, 6.45) is 2.93. The van der Waals surface area contributed by atoms with Gasteiger partial charge < -0.3 is 4.74 Å². The summed E-state index contributed by atoms with van der Waals surface area (Å²) in [4.78, 5) is 26.3. The predicted molar refractivity (Wildman–Crippen MR) is 137 cm³/mol. The van der Waals surface area contributed by atoms with Crippen molar-refractivity contribution in [1.29, 1.82) is 0 Å². The molecule has 9 nitrogen and oxygen atoms in total. The Morgan fingerprint density at radius 1 is 1.03 bits per heavy atom. The monoisotopic (exact) mass is 480 g/mol. The van der Waals surface area contributed by atoms with Crippen LogP contribution in [0.5, 0.6) is 5.75 Å². The fourth-order valence-electron chi connectivity index (χ4n) is 3.92. The lowest BCUT2D eigenvalue weighted by molar-refractivity contribution is 0.0734. The molecule has 0 unspecified atom stereocenters. The number of hydrogen-bond donors (Lipinski definition) is 0. The van der Waals surface area contributed by atoms with Gasteiger partial charge in [-0.15, -0.1) is 10.2 Å². The molecule has 0 spiro atoms. The fourth-order valence-corrected chi connectivity index (χ4v) is 3.92. The van der Waals surface area contributed by atoms with Gasteiger partial charge in [0, 0.05) is 11.0 Å².